The summed E-state index contributed by atoms with van der Waals surface area (Å²) in [6.45, 7) is 0.0567. The average Bonchev–Trinajstić information content (AvgIpc) is 2.04. The van der Waals surface area contributed by atoms with Crippen LogP contribution < -0.4 is 5.73 Å². The molecule has 0 rings (SSSR count). The Balaban J connectivity index is 0. The third-order valence-corrected chi connectivity index (χ3v) is 1.29. The lowest BCUT2D eigenvalue weighted by molar-refractivity contribution is -0.140. The Morgan fingerprint density at radius 1 is 1.33 bits per heavy atom. The molecule has 12 heavy (non-hydrogen) atoms. The van der Waals surface area contributed by atoms with Gasteiger partial charge in [0.05, 0.1) is 13.7 Å². The van der Waals surface area contributed by atoms with Crippen molar-refractivity contribution < 1.29 is 14.3 Å². The van der Waals surface area contributed by atoms with Crippen LogP contribution in [0.4, 0.5) is 0 Å². The summed E-state index contributed by atoms with van der Waals surface area (Å²) >= 11 is 0. The topological polar surface area (TPSA) is 69.4 Å². The molecular weight excluding hydrogens is 182 g/mol. The third-order valence-electron chi connectivity index (χ3n) is 1.29. The predicted molar refractivity (Wildman–Crippen MR) is 47.2 cm³/mol. The van der Waals surface area contributed by atoms with E-state index < -0.39 is 0 Å². The molecule has 0 saturated carbocycles. The van der Waals surface area contributed by atoms with Crippen LogP contribution in [0.25, 0.3) is 0 Å². The largest absolute Gasteiger partial charge is 0.469 e. The minimum absolute atomic E-state index is 0. The number of carbonyl (C=O) groups is 2. The molecule has 0 aromatic rings. The Kier molecular flexibility index (Phi) is 9.86. The van der Waals surface area contributed by atoms with Crippen LogP contribution in [-0.4, -0.2) is 25.4 Å². The Morgan fingerprint density at radius 2 is 1.92 bits per heavy atom. The number of Topliss-reactive ketones (excluding diaryl/α,β-unsaturated/α-hetero) is 1. The maximum absolute atomic E-state index is 10.6. The second-order valence-corrected chi connectivity index (χ2v) is 2.17. The molecule has 4 nitrogen and oxygen atoms in total. The fourth-order valence-corrected chi connectivity index (χ4v) is 0.634. The molecule has 0 aromatic heterocycles. The quantitative estimate of drug-likeness (QED) is 0.640. The van der Waals surface area contributed by atoms with Crippen LogP contribution in [0, 0.1) is 0 Å². The van der Waals surface area contributed by atoms with E-state index in [0.29, 0.717) is 19.3 Å². The van der Waals surface area contributed by atoms with Gasteiger partial charge >= 0.3 is 5.97 Å². The smallest absolute Gasteiger partial charge is 0.305 e. The highest BCUT2D eigenvalue weighted by Gasteiger charge is 2.02. The number of halogens is 1. The Hall–Kier alpha value is -0.610. The third kappa shape index (κ3) is 7.50. The molecule has 0 unspecified atom stereocenters. The van der Waals surface area contributed by atoms with E-state index in [1.54, 1.807) is 0 Å². The van der Waals surface area contributed by atoms with Crippen LogP contribution in [0.2, 0.25) is 0 Å². The van der Waals surface area contributed by atoms with Crippen LogP contribution in [-0.2, 0) is 14.3 Å². The highest BCUT2D eigenvalue weighted by atomic mass is 35.5. The van der Waals surface area contributed by atoms with Crippen molar-refractivity contribution in [1.82, 2.24) is 0 Å². The molecule has 0 aromatic carbocycles. The van der Waals surface area contributed by atoms with E-state index in [1.165, 1.54) is 7.11 Å². The highest BCUT2D eigenvalue weighted by molar-refractivity contribution is 5.85. The summed E-state index contributed by atoms with van der Waals surface area (Å²) in [4.78, 5) is 21.1. The maximum atomic E-state index is 10.6. The van der Waals surface area contributed by atoms with Crippen LogP contribution in [0.15, 0.2) is 0 Å². The van der Waals surface area contributed by atoms with Crippen molar-refractivity contribution in [3.05, 3.63) is 0 Å². The van der Waals surface area contributed by atoms with Crippen LogP contribution in [0.3, 0.4) is 0 Å². The van der Waals surface area contributed by atoms with E-state index in [9.17, 15) is 9.59 Å². The molecule has 2 N–H and O–H groups in total. The molecule has 0 aliphatic carbocycles. The van der Waals surface area contributed by atoms with Gasteiger partial charge in [-0.05, 0) is 6.42 Å². The number of carbonyl (C=O) groups excluding carboxylic acids is 2. The molecule has 72 valence electrons. The SMILES string of the molecule is COC(=O)CCCC(=O)CN.Cl. The first-order valence-electron chi connectivity index (χ1n) is 3.49. The summed E-state index contributed by atoms with van der Waals surface area (Å²) in [6.07, 6.45) is 1.19. The molecule has 0 bridgehead atoms. The van der Waals surface area contributed by atoms with E-state index in [2.05, 4.69) is 4.74 Å². The molecule has 5 heteroatoms. The average molecular weight is 196 g/mol. The zero-order valence-corrected chi connectivity index (χ0v) is 7.86. The van der Waals surface area contributed by atoms with Crippen LogP contribution >= 0.6 is 12.4 Å². The molecule has 0 radical (unpaired) electrons. The number of nitrogens with two attached hydrogens (primary N) is 1. The van der Waals surface area contributed by atoms with Gasteiger partial charge in [-0.1, -0.05) is 0 Å². The van der Waals surface area contributed by atoms with Crippen molar-refractivity contribution in [2.45, 2.75) is 19.3 Å². The monoisotopic (exact) mass is 195 g/mol. The summed E-state index contributed by atoms with van der Waals surface area (Å²) < 4.78 is 4.38. The minimum Gasteiger partial charge on any atom is -0.469 e. The van der Waals surface area contributed by atoms with Crippen molar-refractivity contribution in [2.24, 2.45) is 5.73 Å². The van der Waals surface area contributed by atoms with Gasteiger partial charge in [-0.3, -0.25) is 9.59 Å². The minimum atomic E-state index is -0.283. The van der Waals surface area contributed by atoms with Crippen molar-refractivity contribution in [2.75, 3.05) is 13.7 Å². The van der Waals surface area contributed by atoms with Gasteiger partial charge < -0.3 is 10.5 Å². The van der Waals surface area contributed by atoms with E-state index in [0.717, 1.165) is 0 Å². The number of rotatable bonds is 5. The van der Waals surface area contributed by atoms with Gasteiger partial charge in [-0.15, -0.1) is 12.4 Å². The van der Waals surface area contributed by atoms with Gasteiger partial charge in [0.25, 0.3) is 0 Å². The first-order chi connectivity index (χ1) is 5.20. The van der Waals surface area contributed by atoms with Gasteiger partial charge in [-0.25, -0.2) is 0 Å². The van der Waals surface area contributed by atoms with Crippen LogP contribution in [0.5, 0.6) is 0 Å². The Morgan fingerprint density at radius 3 is 2.33 bits per heavy atom. The van der Waals surface area contributed by atoms with Crippen LogP contribution in [0.1, 0.15) is 19.3 Å². The van der Waals surface area contributed by atoms with Crippen molar-refractivity contribution in [3.8, 4) is 0 Å². The van der Waals surface area contributed by atoms with Crippen molar-refractivity contribution in [3.63, 3.8) is 0 Å². The number of hydrogen-bond donors (Lipinski definition) is 1. The zero-order valence-electron chi connectivity index (χ0n) is 7.04. The molecule has 0 aliphatic rings. The summed E-state index contributed by atoms with van der Waals surface area (Å²) in [6, 6.07) is 0. The second kappa shape index (κ2) is 8.49. The van der Waals surface area contributed by atoms with Crippen molar-refractivity contribution >= 4 is 24.2 Å². The first kappa shape index (κ1) is 13.9. The Labute approximate surface area is 77.9 Å². The van der Waals surface area contributed by atoms with Gasteiger partial charge in [0.2, 0.25) is 0 Å². The number of hydrogen-bond acceptors (Lipinski definition) is 4. The second-order valence-electron chi connectivity index (χ2n) is 2.17. The summed E-state index contributed by atoms with van der Waals surface area (Å²) in [5.41, 5.74) is 5.06. The molecule has 0 aliphatic heterocycles. The number of ether oxygens (including phenoxy) is 1. The standard InChI is InChI=1S/C7H13NO3.ClH/c1-11-7(10)4-2-3-6(9)5-8;/h2-5,8H2,1H3;1H. The zero-order chi connectivity index (χ0) is 8.69. The normalized spacial score (nSPS) is 8.50. The van der Waals surface area contributed by atoms with Gasteiger partial charge in [0.15, 0.2) is 0 Å². The van der Waals surface area contributed by atoms with E-state index in [1.807, 2.05) is 0 Å². The number of methoxy groups -OCH3 is 1. The van der Waals surface area contributed by atoms with E-state index in [-0.39, 0.29) is 30.7 Å². The van der Waals surface area contributed by atoms with Gasteiger partial charge in [0, 0.05) is 12.8 Å². The van der Waals surface area contributed by atoms with Crippen molar-refractivity contribution in [1.29, 1.82) is 0 Å². The molecule has 0 saturated heterocycles. The fraction of sp³-hybridized carbons (Fsp3) is 0.714. The molecule has 0 amide bonds. The summed E-state index contributed by atoms with van der Waals surface area (Å²) in [5.74, 6) is -0.302. The number of ketones is 1. The maximum Gasteiger partial charge on any atom is 0.305 e. The first-order valence-corrected chi connectivity index (χ1v) is 3.49. The summed E-state index contributed by atoms with van der Waals surface area (Å²) in [5, 5.41) is 0. The lowest BCUT2D eigenvalue weighted by atomic mass is 10.2. The molecule has 0 spiro atoms. The molecule has 0 heterocycles. The fourth-order valence-electron chi connectivity index (χ4n) is 0.634. The number of esters is 1. The molecule has 0 atom stereocenters. The van der Waals surface area contributed by atoms with Gasteiger partial charge in [0.1, 0.15) is 5.78 Å². The molecular formula is C7H14ClNO3. The van der Waals surface area contributed by atoms with E-state index >= 15 is 0 Å². The van der Waals surface area contributed by atoms with E-state index in [4.69, 9.17) is 5.73 Å². The highest BCUT2D eigenvalue weighted by Crippen LogP contribution is 1.96. The lowest BCUT2D eigenvalue weighted by Gasteiger charge is -1.97. The van der Waals surface area contributed by atoms with Gasteiger partial charge in [-0.2, -0.15) is 0 Å². The summed E-state index contributed by atoms with van der Waals surface area (Å²) in [7, 11) is 1.33. The lowest BCUT2D eigenvalue weighted by Crippen LogP contribution is -2.13. The predicted octanol–water partition coefficient (Wildman–Crippen LogP) is 0.279. The molecule has 0 fully saturated rings. The Bertz CT molecular complexity index is 134.